The van der Waals surface area contributed by atoms with Gasteiger partial charge in [-0.3, -0.25) is 0 Å². The average molecular weight is 258 g/mol. The standard InChI is InChI=1S/C13H17ClFNO/c1-2-16-7-5-13(17,6-8-16)11-9-10(15)3-4-12(11)14/h3-4,9,17H,2,5-8H2,1H3. The summed E-state index contributed by atoms with van der Waals surface area (Å²) in [7, 11) is 0. The van der Waals surface area contributed by atoms with Crippen LogP contribution in [0.3, 0.4) is 0 Å². The van der Waals surface area contributed by atoms with E-state index in [1.165, 1.54) is 18.2 Å². The Hall–Kier alpha value is -0.640. The number of piperidine rings is 1. The van der Waals surface area contributed by atoms with Crippen molar-refractivity contribution >= 4 is 11.6 Å². The first kappa shape index (κ1) is 12.8. The molecule has 1 aliphatic rings. The summed E-state index contributed by atoms with van der Waals surface area (Å²) in [5.41, 5.74) is -0.458. The third-order valence-electron chi connectivity index (χ3n) is 3.56. The second kappa shape index (κ2) is 4.92. The van der Waals surface area contributed by atoms with Crippen molar-refractivity contribution in [3.8, 4) is 0 Å². The van der Waals surface area contributed by atoms with E-state index in [1.807, 2.05) is 0 Å². The van der Waals surface area contributed by atoms with Crippen LogP contribution in [0.15, 0.2) is 18.2 Å². The van der Waals surface area contributed by atoms with E-state index in [1.54, 1.807) is 0 Å². The molecule has 2 rings (SSSR count). The first-order valence-corrected chi connectivity index (χ1v) is 6.33. The van der Waals surface area contributed by atoms with Crippen LogP contribution in [0.25, 0.3) is 0 Å². The molecular formula is C13H17ClFNO. The van der Waals surface area contributed by atoms with Gasteiger partial charge in [-0.25, -0.2) is 4.39 Å². The molecule has 0 radical (unpaired) electrons. The van der Waals surface area contributed by atoms with Crippen molar-refractivity contribution in [1.29, 1.82) is 0 Å². The number of halogens is 2. The lowest BCUT2D eigenvalue weighted by Gasteiger charge is -2.38. The number of likely N-dealkylation sites (tertiary alicyclic amines) is 1. The van der Waals surface area contributed by atoms with Crippen molar-refractivity contribution in [2.24, 2.45) is 0 Å². The fourth-order valence-corrected chi connectivity index (χ4v) is 2.66. The molecule has 0 atom stereocenters. The molecule has 0 saturated carbocycles. The molecule has 0 unspecified atom stereocenters. The highest BCUT2D eigenvalue weighted by molar-refractivity contribution is 6.31. The van der Waals surface area contributed by atoms with Gasteiger partial charge in [0, 0.05) is 23.7 Å². The maximum atomic E-state index is 13.2. The van der Waals surface area contributed by atoms with Crippen LogP contribution in [0.4, 0.5) is 4.39 Å². The van der Waals surface area contributed by atoms with E-state index < -0.39 is 5.60 Å². The summed E-state index contributed by atoms with van der Waals surface area (Å²) in [6.07, 6.45) is 1.20. The van der Waals surface area contributed by atoms with Crippen molar-refractivity contribution in [3.63, 3.8) is 0 Å². The van der Waals surface area contributed by atoms with Gasteiger partial charge in [0.05, 0.1) is 5.60 Å². The number of nitrogens with zero attached hydrogens (tertiary/aromatic N) is 1. The van der Waals surface area contributed by atoms with Crippen LogP contribution in [-0.2, 0) is 5.60 Å². The quantitative estimate of drug-likeness (QED) is 0.881. The number of benzene rings is 1. The zero-order valence-corrected chi connectivity index (χ0v) is 10.7. The lowest BCUT2D eigenvalue weighted by Crippen LogP contribution is -2.42. The molecule has 0 amide bonds. The number of hydrogen-bond donors (Lipinski definition) is 1. The van der Waals surface area contributed by atoms with Gasteiger partial charge in [-0.05, 0) is 37.6 Å². The van der Waals surface area contributed by atoms with Crippen LogP contribution < -0.4 is 0 Å². The minimum absolute atomic E-state index is 0.351. The zero-order chi connectivity index (χ0) is 12.5. The fraction of sp³-hybridized carbons (Fsp3) is 0.538. The van der Waals surface area contributed by atoms with E-state index in [2.05, 4.69) is 11.8 Å². The Labute approximate surface area is 106 Å². The fourth-order valence-electron chi connectivity index (χ4n) is 2.36. The van der Waals surface area contributed by atoms with Gasteiger partial charge in [-0.15, -0.1) is 0 Å². The van der Waals surface area contributed by atoms with Crippen LogP contribution in [0.5, 0.6) is 0 Å². The molecule has 1 aromatic rings. The van der Waals surface area contributed by atoms with Crippen molar-refractivity contribution in [1.82, 2.24) is 4.90 Å². The van der Waals surface area contributed by atoms with Gasteiger partial charge in [-0.1, -0.05) is 18.5 Å². The predicted molar refractivity (Wildman–Crippen MR) is 66.7 cm³/mol. The molecule has 2 nitrogen and oxygen atoms in total. The Balaban J connectivity index is 2.24. The molecular weight excluding hydrogens is 241 g/mol. The Morgan fingerprint density at radius 2 is 2.06 bits per heavy atom. The van der Waals surface area contributed by atoms with E-state index in [9.17, 15) is 9.50 Å². The summed E-state index contributed by atoms with van der Waals surface area (Å²) < 4.78 is 13.2. The minimum Gasteiger partial charge on any atom is -0.385 e. The second-order valence-corrected chi connectivity index (χ2v) is 5.00. The third kappa shape index (κ3) is 2.62. The van der Waals surface area contributed by atoms with E-state index in [-0.39, 0.29) is 5.82 Å². The van der Waals surface area contributed by atoms with Crippen molar-refractivity contribution in [2.75, 3.05) is 19.6 Å². The lowest BCUT2D eigenvalue weighted by molar-refractivity contribution is -0.0248. The Morgan fingerprint density at radius 3 is 2.65 bits per heavy atom. The molecule has 94 valence electrons. The Bertz CT molecular complexity index is 402. The Kier molecular flexibility index (Phi) is 3.71. The van der Waals surface area contributed by atoms with Crippen molar-refractivity contribution in [3.05, 3.63) is 34.6 Å². The van der Waals surface area contributed by atoms with Gasteiger partial charge >= 0.3 is 0 Å². The average Bonchev–Trinajstić information content (AvgIpc) is 2.33. The van der Waals surface area contributed by atoms with Crippen LogP contribution in [0, 0.1) is 5.82 Å². The highest BCUT2D eigenvalue weighted by Crippen LogP contribution is 2.37. The summed E-state index contributed by atoms with van der Waals surface area (Å²) in [5.74, 6) is -0.351. The molecule has 0 spiro atoms. The van der Waals surface area contributed by atoms with E-state index in [0.717, 1.165) is 19.6 Å². The molecule has 17 heavy (non-hydrogen) atoms. The highest BCUT2D eigenvalue weighted by atomic mass is 35.5. The second-order valence-electron chi connectivity index (χ2n) is 4.59. The molecule has 0 aromatic heterocycles. The molecule has 1 saturated heterocycles. The molecule has 1 N–H and O–H groups in total. The van der Waals surface area contributed by atoms with E-state index >= 15 is 0 Å². The third-order valence-corrected chi connectivity index (χ3v) is 3.89. The van der Waals surface area contributed by atoms with Gasteiger partial charge < -0.3 is 10.0 Å². The molecule has 0 bridgehead atoms. The Morgan fingerprint density at radius 1 is 1.41 bits per heavy atom. The predicted octanol–water partition coefficient (Wildman–Crippen LogP) is 2.78. The summed E-state index contributed by atoms with van der Waals surface area (Å²) in [6, 6.07) is 4.18. The smallest absolute Gasteiger partial charge is 0.123 e. The first-order chi connectivity index (χ1) is 8.05. The van der Waals surface area contributed by atoms with Crippen LogP contribution >= 0.6 is 11.6 Å². The highest BCUT2D eigenvalue weighted by Gasteiger charge is 2.35. The largest absolute Gasteiger partial charge is 0.385 e. The number of aliphatic hydroxyl groups is 1. The zero-order valence-electron chi connectivity index (χ0n) is 9.92. The first-order valence-electron chi connectivity index (χ1n) is 5.95. The van der Waals surface area contributed by atoms with Crippen LogP contribution in [0.1, 0.15) is 25.3 Å². The van der Waals surface area contributed by atoms with Crippen LogP contribution in [-0.4, -0.2) is 29.6 Å². The van der Waals surface area contributed by atoms with Gasteiger partial charge in [0.1, 0.15) is 5.82 Å². The topological polar surface area (TPSA) is 23.5 Å². The molecule has 1 heterocycles. The number of hydrogen-bond acceptors (Lipinski definition) is 2. The minimum atomic E-state index is -0.981. The normalized spacial score (nSPS) is 20.5. The summed E-state index contributed by atoms with van der Waals surface area (Å²) in [6.45, 7) is 4.71. The van der Waals surface area contributed by atoms with E-state index in [4.69, 9.17) is 11.6 Å². The SMILES string of the molecule is CCN1CCC(O)(c2cc(F)ccc2Cl)CC1. The molecule has 1 aliphatic heterocycles. The number of rotatable bonds is 2. The molecule has 4 heteroatoms. The maximum Gasteiger partial charge on any atom is 0.123 e. The van der Waals surface area contributed by atoms with Gasteiger partial charge in [-0.2, -0.15) is 0 Å². The maximum absolute atomic E-state index is 13.2. The van der Waals surface area contributed by atoms with Crippen molar-refractivity contribution < 1.29 is 9.50 Å². The van der Waals surface area contributed by atoms with Crippen LogP contribution in [0.2, 0.25) is 5.02 Å². The molecule has 1 aromatic carbocycles. The van der Waals surface area contributed by atoms with Crippen molar-refractivity contribution in [2.45, 2.75) is 25.4 Å². The lowest BCUT2D eigenvalue weighted by atomic mass is 9.84. The van der Waals surface area contributed by atoms with E-state index in [0.29, 0.717) is 23.4 Å². The molecule has 1 fully saturated rings. The molecule has 0 aliphatic carbocycles. The summed E-state index contributed by atoms with van der Waals surface area (Å²) in [4.78, 5) is 2.27. The van der Waals surface area contributed by atoms with Gasteiger partial charge in [0.25, 0.3) is 0 Å². The van der Waals surface area contributed by atoms with Gasteiger partial charge in [0.2, 0.25) is 0 Å². The monoisotopic (exact) mass is 257 g/mol. The van der Waals surface area contributed by atoms with Gasteiger partial charge in [0.15, 0.2) is 0 Å². The summed E-state index contributed by atoms with van der Waals surface area (Å²) >= 11 is 6.05. The summed E-state index contributed by atoms with van der Waals surface area (Å²) in [5, 5.41) is 11.0.